The minimum atomic E-state index is -0.676. The van der Waals surface area contributed by atoms with Crippen LogP contribution < -0.4 is 5.32 Å². The van der Waals surface area contributed by atoms with E-state index >= 15 is 0 Å². The van der Waals surface area contributed by atoms with E-state index in [1.54, 1.807) is 18.2 Å². The molecule has 0 saturated carbocycles. The van der Waals surface area contributed by atoms with Crippen LogP contribution in [0.3, 0.4) is 0 Å². The SMILES string of the molecule is CC(C)(C)NCC(O)c1ccc(N=[N+]=[N-])c(CO)c1. The molecule has 104 valence electrons. The van der Waals surface area contributed by atoms with Gasteiger partial charge in [-0.25, -0.2) is 0 Å². The van der Waals surface area contributed by atoms with Gasteiger partial charge < -0.3 is 15.5 Å². The minimum absolute atomic E-state index is 0.0775. The molecule has 0 heterocycles. The van der Waals surface area contributed by atoms with E-state index < -0.39 is 6.10 Å². The lowest BCUT2D eigenvalue weighted by atomic mass is 10.0. The smallest absolute Gasteiger partial charge is 0.0914 e. The lowest BCUT2D eigenvalue weighted by Gasteiger charge is -2.23. The maximum Gasteiger partial charge on any atom is 0.0914 e. The first-order chi connectivity index (χ1) is 8.87. The second kappa shape index (κ2) is 6.54. The molecule has 0 aromatic heterocycles. The van der Waals surface area contributed by atoms with Crippen molar-refractivity contribution in [1.29, 1.82) is 0 Å². The Morgan fingerprint density at radius 1 is 1.42 bits per heavy atom. The molecule has 1 atom stereocenters. The van der Waals surface area contributed by atoms with Gasteiger partial charge in [-0.05, 0) is 37.4 Å². The molecular formula is C13H20N4O2. The first-order valence-corrected chi connectivity index (χ1v) is 6.09. The molecule has 3 N–H and O–H groups in total. The molecule has 6 nitrogen and oxygen atoms in total. The molecule has 1 aromatic carbocycles. The lowest BCUT2D eigenvalue weighted by molar-refractivity contribution is 0.163. The van der Waals surface area contributed by atoms with Gasteiger partial charge in [0.05, 0.1) is 12.7 Å². The van der Waals surface area contributed by atoms with Crippen LogP contribution in [0.1, 0.15) is 38.0 Å². The fraction of sp³-hybridized carbons (Fsp3) is 0.538. The van der Waals surface area contributed by atoms with E-state index in [4.69, 9.17) is 5.53 Å². The Labute approximate surface area is 112 Å². The number of nitrogens with one attached hydrogen (secondary N) is 1. The molecule has 0 aliphatic heterocycles. The summed E-state index contributed by atoms with van der Waals surface area (Å²) in [5.74, 6) is 0. The highest BCUT2D eigenvalue weighted by Gasteiger charge is 2.14. The lowest BCUT2D eigenvalue weighted by Crippen LogP contribution is -2.38. The summed E-state index contributed by atoms with van der Waals surface area (Å²) in [7, 11) is 0. The van der Waals surface area contributed by atoms with Gasteiger partial charge in [0.1, 0.15) is 0 Å². The average Bonchev–Trinajstić information content (AvgIpc) is 2.36. The van der Waals surface area contributed by atoms with Crippen molar-refractivity contribution in [2.24, 2.45) is 5.11 Å². The van der Waals surface area contributed by atoms with E-state index in [2.05, 4.69) is 15.3 Å². The van der Waals surface area contributed by atoms with Crippen LogP contribution in [0, 0.1) is 0 Å². The van der Waals surface area contributed by atoms with E-state index in [1.807, 2.05) is 20.8 Å². The normalized spacial score (nSPS) is 12.9. The molecule has 1 rings (SSSR count). The van der Waals surface area contributed by atoms with Crippen LogP contribution in [0.15, 0.2) is 23.3 Å². The number of rotatable bonds is 5. The molecule has 0 aliphatic rings. The van der Waals surface area contributed by atoms with Crippen molar-refractivity contribution in [1.82, 2.24) is 5.32 Å². The van der Waals surface area contributed by atoms with Gasteiger partial charge in [-0.1, -0.05) is 23.3 Å². The predicted octanol–water partition coefficient (Wildman–Crippen LogP) is 2.54. The Kier molecular flexibility index (Phi) is 5.32. The number of aliphatic hydroxyl groups is 2. The van der Waals surface area contributed by atoms with Gasteiger partial charge in [-0.3, -0.25) is 0 Å². The maximum absolute atomic E-state index is 10.1. The van der Waals surface area contributed by atoms with E-state index in [9.17, 15) is 10.2 Å². The average molecular weight is 264 g/mol. The number of azide groups is 1. The van der Waals surface area contributed by atoms with Crippen LogP contribution >= 0.6 is 0 Å². The van der Waals surface area contributed by atoms with E-state index in [0.29, 0.717) is 23.4 Å². The number of benzene rings is 1. The number of aliphatic hydroxyl groups excluding tert-OH is 2. The van der Waals surface area contributed by atoms with Crippen molar-refractivity contribution in [3.63, 3.8) is 0 Å². The van der Waals surface area contributed by atoms with Gasteiger partial charge in [-0.2, -0.15) is 0 Å². The van der Waals surface area contributed by atoms with Gasteiger partial charge in [0, 0.05) is 22.7 Å². The first kappa shape index (κ1) is 15.5. The van der Waals surface area contributed by atoms with Gasteiger partial charge in [0.25, 0.3) is 0 Å². The Balaban J connectivity index is 2.86. The van der Waals surface area contributed by atoms with E-state index in [-0.39, 0.29) is 12.1 Å². The molecule has 1 unspecified atom stereocenters. The topological polar surface area (TPSA) is 101 Å². The van der Waals surface area contributed by atoms with Gasteiger partial charge in [0.2, 0.25) is 0 Å². The van der Waals surface area contributed by atoms with Crippen molar-refractivity contribution in [2.45, 2.75) is 39.0 Å². The molecule has 6 heteroatoms. The van der Waals surface area contributed by atoms with Crippen LogP contribution in [0.4, 0.5) is 5.69 Å². The van der Waals surface area contributed by atoms with Crippen LogP contribution in [-0.2, 0) is 6.61 Å². The monoisotopic (exact) mass is 264 g/mol. The summed E-state index contributed by atoms with van der Waals surface area (Å²) in [6.07, 6.45) is -0.676. The second-order valence-electron chi connectivity index (χ2n) is 5.38. The summed E-state index contributed by atoms with van der Waals surface area (Å²) in [4.78, 5) is 2.70. The minimum Gasteiger partial charge on any atom is -0.392 e. The molecule has 0 bridgehead atoms. The van der Waals surface area contributed by atoms with Gasteiger partial charge >= 0.3 is 0 Å². The van der Waals surface area contributed by atoms with Crippen LogP contribution in [0.5, 0.6) is 0 Å². The summed E-state index contributed by atoms with van der Waals surface area (Å²) >= 11 is 0. The largest absolute Gasteiger partial charge is 0.392 e. The van der Waals surface area contributed by atoms with E-state index in [1.165, 1.54) is 0 Å². The second-order valence-corrected chi connectivity index (χ2v) is 5.38. The number of hydrogen-bond acceptors (Lipinski definition) is 4. The standard InChI is InChI=1S/C13H20N4O2/c1-13(2,3)15-7-12(19)9-4-5-11(16-17-14)10(6-9)8-18/h4-6,12,15,18-19H,7-8H2,1-3H3. The van der Waals surface area contributed by atoms with Crippen molar-refractivity contribution >= 4 is 5.69 Å². The summed E-state index contributed by atoms with van der Waals surface area (Å²) < 4.78 is 0. The van der Waals surface area contributed by atoms with Crippen molar-refractivity contribution in [3.8, 4) is 0 Å². The Bertz CT molecular complexity index is 476. The fourth-order valence-corrected chi connectivity index (χ4v) is 1.61. The predicted molar refractivity (Wildman–Crippen MR) is 73.9 cm³/mol. The molecule has 19 heavy (non-hydrogen) atoms. The van der Waals surface area contributed by atoms with Crippen molar-refractivity contribution < 1.29 is 10.2 Å². The highest BCUT2D eigenvalue weighted by Crippen LogP contribution is 2.24. The Morgan fingerprint density at radius 2 is 2.11 bits per heavy atom. The van der Waals surface area contributed by atoms with Crippen LogP contribution in [-0.4, -0.2) is 22.3 Å². The molecule has 1 aromatic rings. The van der Waals surface area contributed by atoms with Crippen LogP contribution in [0.2, 0.25) is 0 Å². The van der Waals surface area contributed by atoms with Gasteiger partial charge in [-0.15, -0.1) is 0 Å². The van der Waals surface area contributed by atoms with Gasteiger partial charge in [0.15, 0.2) is 0 Å². The zero-order valence-corrected chi connectivity index (χ0v) is 11.5. The maximum atomic E-state index is 10.1. The molecular weight excluding hydrogens is 244 g/mol. The number of β-amino-alcohol motifs (C(OH)–C–C–N with tert-alkyl or cyclic N) is 1. The third-order valence-corrected chi connectivity index (χ3v) is 2.64. The highest BCUT2D eigenvalue weighted by atomic mass is 16.3. The van der Waals surface area contributed by atoms with E-state index in [0.717, 1.165) is 0 Å². The molecule has 0 fully saturated rings. The fourth-order valence-electron chi connectivity index (χ4n) is 1.61. The summed E-state index contributed by atoms with van der Waals surface area (Å²) in [5, 5.41) is 26.0. The zero-order valence-electron chi connectivity index (χ0n) is 11.5. The quantitative estimate of drug-likeness (QED) is 0.432. The molecule has 0 radical (unpaired) electrons. The molecule has 0 saturated heterocycles. The first-order valence-electron chi connectivity index (χ1n) is 6.09. The molecule has 0 amide bonds. The summed E-state index contributed by atoms with van der Waals surface area (Å²) in [6, 6.07) is 4.94. The summed E-state index contributed by atoms with van der Waals surface area (Å²) in [5.41, 5.74) is 9.89. The molecule has 0 spiro atoms. The Morgan fingerprint density at radius 3 is 2.63 bits per heavy atom. The highest BCUT2D eigenvalue weighted by molar-refractivity contribution is 5.48. The third-order valence-electron chi connectivity index (χ3n) is 2.64. The molecule has 0 aliphatic carbocycles. The number of hydrogen-bond donors (Lipinski definition) is 3. The van der Waals surface area contributed by atoms with Crippen molar-refractivity contribution in [2.75, 3.05) is 6.54 Å². The number of nitrogens with zero attached hydrogens (tertiary/aromatic N) is 3. The van der Waals surface area contributed by atoms with Crippen LogP contribution in [0.25, 0.3) is 10.4 Å². The summed E-state index contributed by atoms with van der Waals surface area (Å²) in [6.45, 7) is 6.23. The Hall–Kier alpha value is -1.59. The zero-order chi connectivity index (χ0) is 14.5. The third kappa shape index (κ3) is 4.89. The van der Waals surface area contributed by atoms with Crippen molar-refractivity contribution in [3.05, 3.63) is 39.8 Å².